The van der Waals surface area contributed by atoms with Crippen molar-refractivity contribution in [1.29, 1.82) is 0 Å². The highest BCUT2D eigenvalue weighted by Crippen LogP contribution is 2.31. The van der Waals surface area contributed by atoms with E-state index in [1.807, 2.05) is 0 Å². The molecular weight excluding hydrogens is 370 g/mol. The lowest BCUT2D eigenvalue weighted by Gasteiger charge is -2.16. The number of ether oxygens (including phenoxy) is 1. The molecule has 2 N–H and O–H groups in total. The van der Waals surface area contributed by atoms with Gasteiger partial charge in [0.15, 0.2) is 5.75 Å². The van der Waals surface area contributed by atoms with Crippen LogP contribution in [-0.2, 0) is 10.7 Å². The van der Waals surface area contributed by atoms with Gasteiger partial charge >= 0.3 is 5.92 Å². The largest absolute Gasteiger partial charge is 0.484 e. The first-order chi connectivity index (χ1) is 12.5. The molecule has 0 aromatic carbocycles. The monoisotopic (exact) mass is 387 g/mol. The molecule has 0 saturated heterocycles. The molecule has 1 amide bonds. The minimum absolute atomic E-state index is 0.000830. The van der Waals surface area contributed by atoms with Gasteiger partial charge in [0.25, 0.3) is 6.43 Å². The molecule has 0 spiro atoms. The molecule has 146 valence electrons. The van der Waals surface area contributed by atoms with Gasteiger partial charge in [0.05, 0.1) is 11.9 Å². The first-order valence-corrected chi connectivity index (χ1v) is 7.74. The Bertz CT molecular complexity index is 827. The molecule has 7 nitrogen and oxygen atoms in total. The fourth-order valence-corrected chi connectivity index (χ4v) is 2.02. The number of halogens is 4. The topological polar surface area (TPSA) is 89.0 Å². The van der Waals surface area contributed by atoms with Gasteiger partial charge < -0.3 is 15.4 Å². The van der Waals surface area contributed by atoms with Crippen LogP contribution in [-0.4, -0.2) is 33.9 Å². The fraction of sp³-hybridized carbons (Fsp3) is 0.375. The first-order valence-electron chi connectivity index (χ1n) is 7.74. The lowest BCUT2D eigenvalue weighted by Crippen LogP contribution is -2.15. The van der Waals surface area contributed by atoms with Crippen molar-refractivity contribution in [3.8, 4) is 5.75 Å². The molecule has 0 atom stereocenters. The molecule has 11 heteroatoms. The van der Waals surface area contributed by atoms with Crippen LogP contribution in [0.1, 0.15) is 25.4 Å². The van der Waals surface area contributed by atoms with Crippen LogP contribution in [0.3, 0.4) is 0 Å². The number of carbonyl (C=O) groups excluding carboxylic acids is 1. The second-order valence-electron chi connectivity index (χ2n) is 5.68. The Balaban J connectivity index is 2.39. The summed E-state index contributed by atoms with van der Waals surface area (Å²) in [7, 11) is 0. The van der Waals surface area contributed by atoms with Crippen molar-refractivity contribution < 1.29 is 27.1 Å². The number of nitrogens with one attached hydrogen (secondary N) is 2. The number of aromatic nitrogens is 3. The van der Waals surface area contributed by atoms with E-state index < -0.39 is 30.7 Å². The van der Waals surface area contributed by atoms with E-state index in [1.54, 1.807) is 0 Å². The van der Waals surface area contributed by atoms with E-state index in [4.69, 9.17) is 4.74 Å². The molecule has 0 fully saturated rings. The molecule has 0 saturated carbocycles. The Labute approximate surface area is 152 Å². The summed E-state index contributed by atoms with van der Waals surface area (Å²) in [5.41, 5.74) is 0.382. The average Bonchev–Trinajstić information content (AvgIpc) is 2.52. The van der Waals surface area contributed by atoms with Crippen LogP contribution in [0.2, 0.25) is 0 Å². The van der Waals surface area contributed by atoms with Crippen molar-refractivity contribution in [2.24, 2.45) is 0 Å². The van der Waals surface area contributed by atoms with Crippen LogP contribution >= 0.6 is 0 Å². The molecule has 2 rings (SSSR count). The van der Waals surface area contributed by atoms with Crippen LogP contribution in [0.25, 0.3) is 0 Å². The van der Waals surface area contributed by atoms with E-state index in [1.165, 1.54) is 26.0 Å². The zero-order valence-corrected chi connectivity index (χ0v) is 14.7. The zero-order valence-electron chi connectivity index (χ0n) is 14.7. The molecule has 2 aromatic heterocycles. The highest BCUT2D eigenvalue weighted by atomic mass is 19.3. The standard InChI is InChI=1S/C16H17F4N5O2/c1-8-4-14(25-15(22-8)16(3,19)20)24-10-5-13(23-9(2)26)21-6-11(10)27-7-12(17)18/h4-6,12H,7H2,1-3H3,(H2,21,22,23,24,25,26). The minimum atomic E-state index is -3.27. The lowest BCUT2D eigenvalue weighted by molar-refractivity contribution is -0.114. The Kier molecular flexibility index (Phi) is 6.13. The molecule has 2 heterocycles. The second kappa shape index (κ2) is 8.14. The number of anilines is 3. The summed E-state index contributed by atoms with van der Waals surface area (Å²) in [6.07, 6.45) is -1.60. The van der Waals surface area contributed by atoms with Gasteiger partial charge in [0.1, 0.15) is 18.2 Å². The quantitative estimate of drug-likeness (QED) is 0.705. The first kappa shape index (κ1) is 20.3. The summed E-state index contributed by atoms with van der Waals surface area (Å²) >= 11 is 0. The molecular formula is C16H17F4N5O2. The third-order valence-electron chi connectivity index (χ3n) is 3.05. The number of hydrogen-bond acceptors (Lipinski definition) is 6. The van der Waals surface area contributed by atoms with E-state index >= 15 is 0 Å². The molecule has 0 aliphatic carbocycles. The summed E-state index contributed by atoms with van der Waals surface area (Å²) in [5, 5.41) is 5.14. The van der Waals surface area contributed by atoms with Gasteiger partial charge in [-0.2, -0.15) is 8.78 Å². The van der Waals surface area contributed by atoms with Gasteiger partial charge in [-0.05, 0) is 6.92 Å². The SMILES string of the molecule is CC(=O)Nc1cc(Nc2cc(C)nc(C(C)(F)F)n2)c(OCC(F)F)cn1. The fourth-order valence-electron chi connectivity index (χ4n) is 2.02. The third-order valence-corrected chi connectivity index (χ3v) is 3.05. The van der Waals surface area contributed by atoms with E-state index in [2.05, 4.69) is 25.6 Å². The molecule has 0 aliphatic heterocycles. The van der Waals surface area contributed by atoms with E-state index in [0.717, 1.165) is 6.20 Å². The normalized spacial score (nSPS) is 11.4. The van der Waals surface area contributed by atoms with Gasteiger partial charge in [-0.3, -0.25) is 4.79 Å². The average molecular weight is 387 g/mol. The predicted octanol–water partition coefficient (Wildman–Crippen LogP) is 3.64. The maximum absolute atomic E-state index is 13.5. The number of amides is 1. The van der Waals surface area contributed by atoms with Crippen LogP contribution in [0, 0.1) is 6.92 Å². The van der Waals surface area contributed by atoms with E-state index in [-0.39, 0.29) is 28.8 Å². The van der Waals surface area contributed by atoms with Crippen molar-refractivity contribution in [1.82, 2.24) is 15.0 Å². The smallest absolute Gasteiger partial charge is 0.303 e. The van der Waals surface area contributed by atoms with Crippen molar-refractivity contribution in [3.63, 3.8) is 0 Å². The summed E-state index contributed by atoms with van der Waals surface area (Å²) in [6, 6.07) is 2.70. The summed E-state index contributed by atoms with van der Waals surface area (Å²) < 4.78 is 56.9. The van der Waals surface area contributed by atoms with Gasteiger partial charge in [-0.25, -0.2) is 23.7 Å². The molecule has 0 bridgehead atoms. The summed E-state index contributed by atoms with van der Waals surface area (Å²) in [4.78, 5) is 22.5. The van der Waals surface area contributed by atoms with Crippen molar-refractivity contribution in [2.75, 3.05) is 17.2 Å². The third kappa shape index (κ3) is 6.04. The number of hydrogen-bond donors (Lipinski definition) is 2. The highest BCUT2D eigenvalue weighted by Gasteiger charge is 2.29. The maximum atomic E-state index is 13.5. The van der Waals surface area contributed by atoms with E-state index in [9.17, 15) is 22.4 Å². The van der Waals surface area contributed by atoms with Crippen LogP contribution in [0.5, 0.6) is 5.75 Å². The number of pyridine rings is 1. The molecule has 0 unspecified atom stereocenters. The van der Waals surface area contributed by atoms with Crippen LogP contribution in [0.4, 0.5) is 34.9 Å². The molecule has 2 aromatic rings. The van der Waals surface area contributed by atoms with Crippen LogP contribution in [0.15, 0.2) is 18.3 Å². The van der Waals surface area contributed by atoms with Crippen molar-refractivity contribution in [2.45, 2.75) is 33.1 Å². The Morgan fingerprint density at radius 3 is 2.56 bits per heavy atom. The summed E-state index contributed by atoms with van der Waals surface area (Å²) in [5.74, 6) is -4.32. The second-order valence-corrected chi connectivity index (χ2v) is 5.68. The maximum Gasteiger partial charge on any atom is 0.303 e. The molecule has 0 aliphatic rings. The predicted molar refractivity (Wildman–Crippen MR) is 89.7 cm³/mol. The summed E-state index contributed by atoms with van der Waals surface area (Å²) in [6.45, 7) is 2.53. The van der Waals surface area contributed by atoms with Crippen molar-refractivity contribution >= 4 is 23.2 Å². The number of alkyl halides is 4. The van der Waals surface area contributed by atoms with Gasteiger partial charge in [-0.1, -0.05) is 0 Å². The van der Waals surface area contributed by atoms with E-state index in [0.29, 0.717) is 6.92 Å². The number of rotatable bonds is 7. The van der Waals surface area contributed by atoms with Gasteiger partial charge in [0.2, 0.25) is 11.7 Å². The van der Waals surface area contributed by atoms with Crippen molar-refractivity contribution in [3.05, 3.63) is 29.8 Å². The Hall–Kier alpha value is -2.98. The van der Waals surface area contributed by atoms with Crippen LogP contribution < -0.4 is 15.4 Å². The number of aryl methyl sites for hydroxylation is 1. The molecule has 0 radical (unpaired) electrons. The Morgan fingerprint density at radius 2 is 1.96 bits per heavy atom. The Morgan fingerprint density at radius 1 is 1.26 bits per heavy atom. The lowest BCUT2D eigenvalue weighted by atomic mass is 10.3. The number of nitrogens with zero attached hydrogens (tertiary/aromatic N) is 3. The zero-order chi connectivity index (χ0) is 20.2. The minimum Gasteiger partial charge on any atom is -0.484 e. The number of carbonyl (C=O) groups is 1. The van der Waals surface area contributed by atoms with Gasteiger partial charge in [-0.15, -0.1) is 0 Å². The van der Waals surface area contributed by atoms with Gasteiger partial charge in [0, 0.05) is 31.7 Å². The molecule has 27 heavy (non-hydrogen) atoms. The highest BCUT2D eigenvalue weighted by molar-refractivity contribution is 5.88.